The first-order valence-corrected chi connectivity index (χ1v) is 5.95. The van der Waals surface area contributed by atoms with Crippen molar-refractivity contribution in [3.63, 3.8) is 0 Å². The number of rotatable bonds is 3. The van der Waals surface area contributed by atoms with Gasteiger partial charge in [-0.1, -0.05) is 23.7 Å². The maximum atomic E-state index is 5.74. The van der Waals surface area contributed by atoms with Gasteiger partial charge >= 0.3 is 0 Å². The highest BCUT2D eigenvalue weighted by Crippen LogP contribution is 2.09. The van der Waals surface area contributed by atoms with Crippen LogP contribution >= 0.6 is 27.5 Å². The standard InChI is InChI=1S/C11H8BrClN4/c12-9-4-1-3-8(15-9)7-14-17-11-6-2-5-10(13)16-11/h1-7H,(H,16,17). The van der Waals surface area contributed by atoms with Gasteiger partial charge in [-0.3, -0.25) is 5.43 Å². The van der Waals surface area contributed by atoms with Crippen LogP contribution in [0.2, 0.25) is 5.15 Å². The van der Waals surface area contributed by atoms with Gasteiger partial charge in [0.1, 0.15) is 15.6 Å². The van der Waals surface area contributed by atoms with Gasteiger partial charge in [-0.15, -0.1) is 0 Å². The number of hydrogen-bond donors (Lipinski definition) is 1. The van der Waals surface area contributed by atoms with E-state index in [-0.39, 0.29) is 0 Å². The zero-order valence-corrected chi connectivity index (χ0v) is 11.0. The number of nitrogens with one attached hydrogen (secondary N) is 1. The largest absolute Gasteiger partial charge is 0.261 e. The quantitative estimate of drug-likeness (QED) is 0.537. The Morgan fingerprint density at radius 2 is 2.00 bits per heavy atom. The van der Waals surface area contributed by atoms with E-state index in [0.717, 1.165) is 10.3 Å². The number of nitrogens with zero attached hydrogens (tertiary/aromatic N) is 3. The molecule has 0 fully saturated rings. The lowest BCUT2D eigenvalue weighted by molar-refractivity contribution is 1.21. The van der Waals surface area contributed by atoms with Crippen molar-refractivity contribution < 1.29 is 0 Å². The van der Waals surface area contributed by atoms with Crippen molar-refractivity contribution in [3.8, 4) is 0 Å². The molecule has 2 heterocycles. The van der Waals surface area contributed by atoms with Crippen LogP contribution in [0.1, 0.15) is 5.69 Å². The fourth-order valence-corrected chi connectivity index (χ4v) is 1.65. The number of anilines is 1. The third kappa shape index (κ3) is 3.80. The summed E-state index contributed by atoms with van der Waals surface area (Å²) in [7, 11) is 0. The van der Waals surface area contributed by atoms with Gasteiger partial charge in [0.25, 0.3) is 0 Å². The lowest BCUT2D eigenvalue weighted by atomic mass is 10.4. The van der Waals surface area contributed by atoms with Gasteiger partial charge in [0.15, 0.2) is 0 Å². The van der Waals surface area contributed by atoms with Crippen molar-refractivity contribution in [2.45, 2.75) is 0 Å². The van der Waals surface area contributed by atoms with Crippen molar-refractivity contribution in [1.29, 1.82) is 0 Å². The zero-order valence-electron chi connectivity index (χ0n) is 8.64. The Kier molecular flexibility index (Phi) is 4.06. The Hall–Kier alpha value is -1.46. The minimum atomic E-state index is 0.422. The molecule has 0 unspecified atom stereocenters. The van der Waals surface area contributed by atoms with E-state index < -0.39 is 0 Å². The molecular weight excluding hydrogens is 304 g/mol. The zero-order chi connectivity index (χ0) is 12.1. The van der Waals surface area contributed by atoms with E-state index in [4.69, 9.17) is 11.6 Å². The number of hydrogen-bond acceptors (Lipinski definition) is 4. The molecule has 0 aromatic carbocycles. The van der Waals surface area contributed by atoms with Gasteiger partial charge in [-0.2, -0.15) is 5.10 Å². The summed E-state index contributed by atoms with van der Waals surface area (Å²) in [6.07, 6.45) is 1.60. The smallest absolute Gasteiger partial charge is 0.147 e. The van der Waals surface area contributed by atoms with Crippen LogP contribution in [-0.4, -0.2) is 16.2 Å². The van der Waals surface area contributed by atoms with E-state index in [1.165, 1.54) is 0 Å². The molecule has 0 saturated carbocycles. The van der Waals surface area contributed by atoms with E-state index in [1.807, 2.05) is 18.2 Å². The van der Waals surface area contributed by atoms with Gasteiger partial charge in [0.05, 0.1) is 11.9 Å². The summed E-state index contributed by atoms with van der Waals surface area (Å²) in [5.41, 5.74) is 3.52. The highest BCUT2D eigenvalue weighted by molar-refractivity contribution is 9.10. The Balaban J connectivity index is 2.03. The van der Waals surface area contributed by atoms with Crippen molar-refractivity contribution in [3.05, 3.63) is 51.8 Å². The Morgan fingerprint density at radius 1 is 1.18 bits per heavy atom. The van der Waals surface area contributed by atoms with Crippen LogP contribution in [0.15, 0.2) is 46.1 Å². The Labute approximate surface area is 112 Å². The number of hydrazone groups is 1. The first-order chi connectivity index (χ1) is 8.24. The summed E-state index contributed by atoms with van der Waals surface area (Å²) in [4.78, 5) is 8.24. The molecule has 0 spiro atoms. The van der Waals surface area contributed by atoms with Crippen LogP contribution in [0.5, 0.6) is 0 Å². The third-order valence-electron chi connectivity index (χ3n) is 1.83. The van der Waals surface area contributed by atoms with Crippen LogP contribution < -0.4 is 5.43 Å². The second-order valence-electron chi connectivity index (χ2n) is 3.10. The molecule has 0 aliphatic carbocycles. The molecule has 0 amide bonds. The van der Waals surface area contributed by atoms with Gasteiger partial charge in [0, 0.05) is 0 Å². The maximum absolute atomic E-state index is 5.74. The van der Waals surface area contributed by atoms with E-state index >= 15 is 0 Å². The summed E-state index contributed by atoms with van der Waals surface area (Å²) in [6.45, 7) is 0. The number of aromatic nitrogens is 2. The second kappa shape index (κ2) is 5.75. The predicted molar refractivity (Wildman–Crippen MR) is 72.4 cm³/mol. The van der Waals surface area contributed by atoms with Crippen LogP contribution in [-0.2, 0) is 0 Å². The molecule has 1 N–H and O–H groups in total. The molecule has 17 heavy (non-hydrogen) atoms. The van der Waals surface area contributed by atoms with E-state index in [1.54, 1.807) is 24.4 Å². The van der Waals surface area contributed by atoms with Gasteiger partial charge in [-0.25, -0.2) is 9.97 Å². The summed E-state index contributed by atoms with van der Waals surface area (Å²) in [6, 6.07) is 10.9. The van der Waals surface area contributed by atoms with E-state index in [9.17, 15) is 0 Å². The monoisotopic (exact) mass is 310 g/mol. The average molecular weight is 312 g/mol. The molecule has 6 heteroatoms. The molecule has 0 radical (unpaired) electrons. The Bertz CT molecular complexity index is 544. The fourth-order valence-electron chi connectivity index (χ4n) is 1.13. The van der Waals surface area contributed by atoms with Gasteiger partial charge < -0.3 is 0 Å². The summed E-state index contributed by atoms with van der Waals surface area (Å²) in [5, 5.41) is 4.44. The summed E-state index contributed by atoms with van der Waals surface area (Å²) < 4.78 is 0.766. The Morgan fingerprint density at radius 3 is 2.76 bits per heavy atom. The molecule has 2 aromatic rings. The van der Waals surface area contributed by atoms with Crippen molar-refractivity contribution >= 4 is 39.6 Å². The number of halogens is 2. The average Bonchev–Trinajstić information content (AvgIpc) is 2.29. The number of pyridine rings is 2. The molecule has 0 aliphatic rings. The second-order valence-corrected chi connectivity index (χ2v) is 4.30. The van der Waals surface area contributed by atoms with Crippen LogP contribution in [0, 0.1) is 0 Å². The molecule has 4 nitrogen and oxygen atoms in total. The lowest BCUT2D eigenvalue weighted by Crippen LogP contribution is -1.94. The van der Waals surface area contributed by atoms with Crippen molar-refractivity contribution in [1.82, 2.24) is 9.97 Å². The first-order valence-electron chi connectivity index (χ1n) is 4.78. The predicted octanol–water partition coefficient (Wildman–Crippen LogP) is 3.34. The van der Waals surface area contributed by atoms with E-state index in [0.29, 0.717) is 11.0 Å². The molecule has 86 valence electrons. The minimum absolute atomic E-state index is 0.422. The maximum Gasteiger partial charge on any atom is 0.147 e. The highest BCUT2D eigenvalue weighted by atomic mass is 79.9. The third-order valence-corrected chi connectivity index (χ3v) is 2.48. The molecule has 0 saturated heterocycles. The summed E-state index contributed by atoms with van der Waals surface area (Å²) in [5.74, 6) is 0.587. The minimum Gasteiger partial charge on any atom is -0.261 e. The lowest BCUT2D eigenvalue weighted by Gasteiger charge is -1.98. The first kappa shape index (κ1) is 12.0. The highest BCUT2D eigenvalue weighted by Gasteiger charge is 1.93. The molecular formula is C11H8BrClN4. The normalized spacial score (nSPS) is 10.7. The summed E-state index contributed by atoms with van der Waals surface area (Å²) >= 11 is 9.03. The van der Waals surface area contributed by atoms with Gasteiger partial charge in [0.2, 0.25) is 0 Å². The van der Waals surface area contributed by atoms with Gasteiger partial charge in [-0.05, 0) is 40.2 Å². The topological polar surface area (TPSA) is 50.2 Å². The molecule has 0 bridgehead atoms. The van der Waals surface area contributed by atoms with E-state index in [2.05, 4.69) is 36.4 Å². The SMILES string of the molecule is Clc1cccc(NN=Cc2cccc(Br)n2)n1. The molecule has 0 atom stereocenters. The molecule has 2 rings (SSSR count). The van der Waals surface area contributed by atoms with Crippen molar-refractivity contribution in [2.24, 2.45) is 5.10 Å². The van der Waals surface area contributed by atoms with Crippen LogP contribution in [0.3, 0.4) is 0 Å². The molecule has 0 aliphatic heterocycles. The van der Waals surface area contributed by atoms with Crippen molar-refractivity contribution in [2.75, 3.05) is 5.43 Å². The molecule has 2 aromatic heterocycles. The fraction of sp³-hybridized carbons (Fsp3) is 0. The van der Waals surface area contributed by atoms with Crippen LogP contribution in [0.4, 0.5) is 5.82 Å². The van der Waals surface area contributed by atoms with Crippen LogP contribution in [0.25, 0.3) is 0 Å².